The summed E-state index contributed by atoms with van der Waals surface area (Å²) < 4.78 is 0. The highest BCUT2D eigenvalue weighted by Crippen LogP contribution is 2.11. The number of nitrogens with one attached hydrogen (secondary N) is 1. The standard InChI is InChI=1S/C14H23N3O/c1-4-17(5-2)11(3)14(18)16-13-8-6-7-12(9-13)10-15/h6-9,11H,4-5,10,15H2,1-3H3,(H,16,18). The summed E-state index contributed by atoms with van der Waals surface area (Å²) in [5.41, 5.74) is 7.40. The molecule has 0 aliphatic rings. The largest absolute Gasteiger partial charge is 0.326 e. The average Bonchev–Trinajstić information content (AvgIpc) is 2.40. The number of rotatable bonds is 6. The summed E-state index contributed by atoms with van der Waals surface area (Å²) in [6.07, 6.45) is 0. The van der Waals surface area contributed by atoms with Crippen LogP contribution in [0.1, 0.15) is 26.3 Å². The molecule has 0 saturated heterocycles. The molecule has 18 heavy (non-hydrogen) atoms. The number of carbonyl (C=O) groups is 1. The first-order valence-electron chi connectivity index (χ1n) is 6.46. The fourth-order valence-corrected chi connectivity index (χ4v) is 1.96. The van der Waals surface area contributed by atoms with Crippen LogP contribution >= 0.6 is 0 Å². The molecular weight excluding hydrogens is 226 g/mol. The molecule has 0 saturated carbocycles. The highest BCUT2D eigenvalue weighted by atomic mass is 16.2. The quantitative estimate of drug-likeness (QED) is 0.808. The first-order chi connectivity index (χ1) is 8.62. The van der Waals surface area contributed by atoms with Crippen molar-refractivity contribution in [2.75, 3.05) is 18.4 Å². The minimum atomic E-state index is -0.124. The van der Waals surface area contributed by atoms with Crippen LogP contribution in [0.15, 0.2) is 24.3 Å². The maximum absolute atomic E-state index is 12.1. The Kier molecular flexibility index (Phi) is 5.82. The van der Waals surface area contributed by atoms with Crippen molar-refractivity contribution < 1.29 is 4.79 Å². The fraction of sp³-hybridized carbons (Fsp3) is 0.500. The SMILES string of the molecule is CCN(CC)C(C)C(=O)Nc1cccc(CN)c1. The zero-order valence-electron chi connectivity index (χ0n) is 11.4. The topological polar surface area (TPSA) is 58.4 Å². The second-order valence-electron chi connectivity index (χ2n) is 4.29. The van der Waals surface area contributed by atoms with Gasteiger partial charge >= 0.3 is 0 Å². The number of hydrogen-bond acceptors (Lipinski definition) is 3. The third-order valence-corrected chi connectivity index (χ3v) is 3.17. The molecular formula is C14H23N3O. The lowest BCUT2D eigenvalue weighted by Gasteiger charge is -2.25. The molecule has 0 radical (unpaired) electrons. The monoisotopic (exact) mass is 249 g/mol. The van der Waals surface area contributed by atoms with Crippen molar-refractivity contribution >= 4 is 11.6 Å². The molecule has 1 unspecified atom stereocenters. The summed E-state index contributed by atoms with van der Waals surface area (Å²) in [6, 6.07) is 7.52. The molecule has 1 aromatic rings. The van der Waals surface area contributed by atoms with E-state index < -0.39 is 0 Å². The average molecular weight is 249 g/mol. The molecule has 1 rings (SSSR count). The van der Waals surface area contributed by atoms with Crippen LogP contribution < -0.4 is 11.1 Å². The molecule has 4 heteroatoms. The third kappa shape index (κ3) is 3.82. The van der Waals surface area contributed by atoms with Crippen LogP contribution in [0.5, 0.6) is 0 Å². The van der Waals surface area contributed by atoms with Gasteiger partial charge in [-0.2, -0.15) is 0 Å². The molecule has 1 atom stereocenters. The van der Waals surface area contributed by atoms with Crippen molar-refractivity contribution in [3.05, 3.63) is 29.8 Å². The normalized spacial score (nSPS) is 12.5. The van der Waals surface area contributed by atoms with Crippen molar-refractivity contribution in [1.82, 2.24) is 4.90 Å². The van der Waals surface area contributed by atoms with E-state index >= 15 is 0 Å². The number of amides is 1. The molecule has 3 N–H and O–H groups in total. The molecule has 1 aromatic carbocycles. The van der Waals surface area contributed by atoms with Gasteiger partial charge in [-0.25, -0.2) is 0 Å². The van der Waals surface area contributed by atoms with E-state index in [2.05, 4.69) is 24.1 Å². The van der Waals surface area contributed by atoms with Gasteiger partial charge in [0.1, 0.15) is 0 Å². The summed E-state index contributed by atoms with van der Waals surface area (Å²) in [4.78, 5) is 14.2. The maximum Gasteiger partial charge on any atom is 0.241 e. The van der Waals surface area contributed by atoms with Gasteiger partial charge in [0.15, 0.2) is 0 Å². The van der Waals surface area contributed by atoms with E-state index in [1.54, 1.807) is 0 Å². The van der Waals surface area contributed by atoms with E-state index in [0.29, 0.717) is 6.54 Å². The number of nitrogens with two attached hydrogens (primary N) is 1. The zero-order valence-corrected chi connectivity index (χ0v) is 11.4. The van der Waals surface area contributed by atoms with E-state index in [0.717, 1.165) is 24.3 Å². The van der Waals surface area contributed by atoms with Gasteiger partial charge < -0.3 is 11.1 Å². The van der Waals surface area contributed by atoms with Gasteiger partial charge in [0, 0.05) is 12.2 Å². The second-order valence-corrected chi connectivity index (χ2v) is 4.29. The lowest BCUT2D eigenvalue weighted by molar-refractivity contribution is -0.120. The Hall–Kier alpha value is -1.39. The Morgan fingerprint density at radius 2 is 2.06 bits per heavy atom. The van der Waals surface area contributed by atoms with Gasteiger partial charge in [0.2, 0.25) is 5.91 Å². The van der Waals surface area contributed by atoms with Crippen molar-refractivity contribution in [3.8, 4) is 0 Å². The molecule has 0 spiro atoms. The number of likely N-dealkylation sites (N-methyl/N-ethyl adjacent to an activating group) is 1. The highest BCUT2D eigenvalue weighted by molar-refractivity contribution is 5.94. The highest BCUT2D eigenvalue weighted by Gasteiger charge is 2.18. The molecule has 0 heterocycles. The molecule has 0 aliphatic carbocycles. The zero-order chi connectivity index (χ0) is 13.5. The van der Waals surface area contributed by atoms with Crippen LogP contribution in [0.25, 0.3) is 0 Å². The Labute approximate surface area is 109 Å². The first kappa shape index (κ1) is 14.7. The van der Waals surface area contributed by atoms with Gasteiger partial charge in [0.05, 0.1) is 6.04 Å². The van der Waals surface area contributed by atoms with E-state index in [4.69, 9.17) is 5.73 Å². The Morgan fingerprint density at radius 3 is 2.61 bits per heavy atom. The summed E-state index contributed by atoms with van der Waals surface area (Å²) in [5, 5.41) is 2.93. The van der Waals surface area contributed by atoms with Gasteiger partial charge in [-0.05, 0) is 37.7 Å². The smallest absolute Gasteiger partial charge is 0.241 e. The van der Waals surface area contributed by atoms with E-state index in [-0.39, 0.29) is 11.9 Å². The summed E-state index contributed by atoms with van der Waals surface area (Å²) in [7, 11) is 0. The molecule has 4 nitrogen and oxygen atoms in total. The molecule has 100 valence electrons. The number of carbonyl (C=O) groups excluding carboxylic acids is 1. The van der Waals surface area contributed by atoms with Crippen LogP contribution in [0.3, 0.4) is 0 Å². The Bertz CT molecular complexity index is 388. The summed E-state index contributed by atoms with van der Waals surface area (Å²) in [6.45, 7) is 8.26. The van der Waals surface area contributed by atoms with Crippen LogP contribution in [0.4, 0.5) is 5.69 Å². The van der Waals surface area contributed by atoms with Crippen LogP contribution in [-0.2, 0) is 11.3 Å². The summed E-state index contributed by atoms with van der Waals surface area (Å²) >= 11 is 0. The minimum absolute atomic E-state index is 0.0212. The lowest BCUT2D eigenvalue weighted by Crippen LogP contribution is -2.41. The van der Waals surface area contributed by atoms with Gasteiger partial charge in [-0.3, -0.25) is 9.69 Å². The Balaban J connectivity index is 2.68. The molecule has 0 fully saturated rings. The molecule has 0 aromatic heterocycles. The van der Waals surface area contributed by atoms with Crippen molar-refractivity contribution in [3.63, 3.8) is 0 Å². The predicted octanol–water partition coefficient (Wildman–Crippen LogP) is 1.81. The van der Waals surface area contributed by atoms with E-state index in [1.807, 2.05) is 31.2 Å². The molecule has 0 aliphatic heterocycles. The van der Waals surface area contributed by atoms with Crippen LogP contribution in [0.2, 0.25) is 0 Å². The van der Waals surface area contributed by atoms with Crippen molar-refractivity contribution in [1.29, 1.82) is 0 Å². The Morgan fingerprint density at radius 1 is 1.39 bits per heavy atom. The molecule has 1 amide bonds. The predicted molar refractivity (Wildman–Crippen MR) is 75.3 cm³/mol. The second kappa shape index (κ2) is 7.13. The number of nitrogens with zero attached hydrogens (tertiary/aromatic N) is 1. The maximum atomic E-state index is 12.1. The fourth-order valence-electron chi connectivity index (χ4n) is 1.96. The molecule has 0 bridgehead atoms. The van der Waals surface area contributed by atoms with Crippen molar-refractivity contribution in [2.45, 2.75) is 33.4 Å². The summed E-state index contributed by atoms with van der Waals surface area (Å²) in [5.74, 6) is 0.0212. The minimum Gasteiger partial charge on any atom is -0.326 e. The van der Waals surface area contributed by atoms with Gasteiger partial charge in [-0.15, -0.1) is 0 Å². The first-order valence-corrected chi connectivity index (χ1v) is 6.46. The lowest BCUT2D eigenvalue weighted by atomic mass is 10.2. The number of anilines is 1. The van der Waals surface area contributed by atoms with Crippen molar-refractivity contribution in [2.24, 2.45) is 5.73 Å². The van der Waals surface area contributed by atoms with Crippen LogP contribution in [-0.4, -0.2) is 29.9 Å². The van der Waals surface area contributed by atoms with Gasteiger partial charge in [-0.1, -0.05) is 26.0 Å². The van der Waals surface area contributed by atoms with Crippen LogP contribution in [0, 0.1) is 0 Å². The number of hydrogen-bond donors (Lipinski definition) is 2. The van der Waals surface area contributed by atoms with E-state index in [9.17, 15) is 4.79 Å². The number of benzene rings is 1. The van der Waals surface area contributed by atoms with Gasteiger partial charge in [0.25, 0.3) is 0 Å². The van der Waals surface area contributed by atoms with E-state index in [1.165, 1.54) is 0 Å². The third-order valence-electron chi connectivity index (χ3n) is 3.17.